The second kappa shape index (κ2) is 3.51. The van der Waals surface area contributed by atoms with E-state index in [0.29, 0.717) is 0 Å². The Morgan fingerprint density at radius 3 is 2.92 bits per heavy atom. The summed E-state index contributed by atoms with van der Waals surface area (Å²) in [7, 11) is 0. The number of aliphatic carboxylic acids is 1. The number of hydrogen-bond donors (Lipinski definition) is 2. The molecule has 0 aliphatic heterocycles. The van der Waals surface area contributed by atoms with Crippen LogP contribution >= 0.6 is 0 Å². The van der Waals surface area contributed by atoms with Crippen molar-refractivity contribution >= 4 is 11.9 Å². The number of nitrogens with one attached hydrogen (secondary N) is 1. The van der Waals surface area contributed by atoms with Gasteiger partial charge in [-0.2, -0.15) is 0 Å². The number of carbonyl (C=O) groups excluding carboxylic acids is 1. The third kappa shape index (κ3) is 2.08. The summed E-state index contributed by atoms with van der Waals surface area (Å²) in [6, 6.07) is 1.34. The van der Waals surface area contributed by atoms with Gasteiger partial charge in [0.25, 0.3) is 5.91 Å². The van der Waals surface area contributed by atoms with Crippen molar-refractivity contribution in [3.05, 3.63) is 18.0 Å². The fourth-order valence-corrected chi connectivity index (χ4v) is 0.576. The second-order valence-corrected chi connectivity index (χ2v) is 1.96. The number of hydrogen-bond acceptors (Lipinski definition) is 4. The van der Waals surface area contributed by atoms with Crippen LogP contribution in [-0.2, 0) is 4.79 Å². The Bertz CT molecular complexity index is 280. The van der Waals surface area contributed by atoms with E-state index in [4.69, 9.17) is 5.11 Å². The van der Waals surface area contributed by atoms with Gasteiger partial charge in [-0.05, 0) is 0 Å². The van der Waals surface area contributed by atoms with E-state index in [9.17, 15) is 9.59 Å². The number of carboxylic acids is 1. The van der Waals surface area contributed by atoms with Crippen LogP contribution in [0, 0.1) is 0 Å². The maximum Gasteiger partial charge on any atom is 0.322 e. The van der Waals surface area contributed by atoms with Gasteiger partial charge in [0.2, 0.25) is 0 Å². The summed E-state index contributed by atoms with van der Waals surface area (Å²) in [5.41, 5.74) is 0.0660. The molecule has 0 saturated heterocycles. The Morgan fingerprint density at radius 1 is 1.67 bits per heavy atom. The molecule has 1 aromatic heterocycles. The molecule has 1 aromatic rings. The van der Waals surface area contributed by atoms with E-state index in [1.54, 1.807) is 0 Å². The summed E-state index contributed by atoms with van der Waals surface area (Å²) < 4.78 is 4.38. The first kappa shape index (κ1) is 8.25. The van der Waals surface area contributed by atoms with Crippen molar-refractivity contribution in [2.45, 2.75) is 0 Å². The fourth-order valence-electron chi connectivity index (χ4n) is 0.576. The van der Waals surface area contributed by atoms with Crippen LogP contribution in [0.3, 0.4) is 0 Å². The molecule has 6 heteroatoms. The lowest BCUT2D eigenvalue weighted by Gasteiger charge is -1.95. The van der Waals surface area contributed by atoms with Gasteiger partial charge < -0.3 is 14.9 Å². The van der Waals surface area contributed by atoms with Gasteiger partial charge in [0, 0.05) is 6.07 Å². The molecular formula is C6H6N2O4. The molecule has 0 aliphatic carbocycles. The number of amides is 1. The molecule has 1 rings (SSSR count). The predicted molar refractivity (Wildman–Crippen MR) is 36.5 cm³/mol. The minimum absolute atomic E-state index is 0.0660. The van der Waals surface area contributed by atoms with Crippen molar-refractivity contribution in [1.29, 1.82) is 0 Å². The van der Waals surface area contributed by atoms with Gasteiger partial charge in [-0.1, -0.05) is 5.16 Å². The zero-order valence-electron chi connectivity index (χ0n) is 5.98. The van der Waals surface area contributed by atoms with Crippen LogP contribution < -0.4 is 5.32 Å². The monoisotopic (exact) mass is 170 g/mol. The van der Waals surface area contributed by atoms with E-state index >= 15 is 0 Å². The summed E-state index contributed by atoms with van der Waals surface area (Å²) in [5, 5.41) is 13.6. The van der Waals surface area contributed by atoms with Gasteiger partial charge >= 0.3 is 5.97 Å². The Labute approximate surface area is 67.2 Å². The molecule has 6 nitrogen and oxygen atoms in total. The smallest absolute Gasteiger partial charge is 0.322 e. The maximum atomic E-state index is 10.9. The largest absolute Gasteiger partial charge is 0.480 e. The number of rotatable bonds is 3. The summed E-state index contributed by atoms with van der Waals surface area (Å²) in [6.07, 6.45) is 1.23. The summed E-state index contributed by atoms with van der Waals surface area (Å²) in [4.78, 5) is 20.9. The van der Waals surface area contributed by atoms with Crippen LogP contribution in [0.15, 0.2) is 16.9 Å². The van der Waals surface area contributed by atoms with Crippen molar-refractivity contribution in [3.8, 4) is 0 Å². The molecule has 0 saturated carbocycles. The van der Waals surface area contributed by atoms with Crippen LogP contribution in [0.25, 0.3) is 0 Å². The maximum absolute atomic E-state index is 10.9. The number of carbonyl (C=O) groups is 2. The average Bonchev–Trinajstić information content (AvgIpc) is 2.51. The van der Waals surface area contributed by atoms with Crippen LogP contribution in [0.5, 0.6) is 0 Å². The average molecular weight is 170 g/mol. The highest BCUT2D eigenvalue weighted by molar-refractivity contribution is 5.93. The first-order valence-electron chi connectivity index (χ1n) is 3.10. The first-order chi connectivity index (χ1) is 5.70. The summed E-state index contributed by atoms with van der Waals surface area (Å²) >= 11 is 0. The van der Waals surface area contributed by atoms with E-state index in [-0.39, 0.29) is 5.69 Å². The Kier molecular flexibility index (Phi) is 2.42. The lowest BCUT2D eigenvalue weighted by atomic mass is 10.4. The van der Waals surface area contributed by atoms with Crippen LogP contribution in [0.2, 0.25) is 0 Å². The molecule has 1 heterocycles. The number of carboxylic acid groups (broad SMARTS) is 1. The van der Waals surface area contributed by atoms with Crippen LogP contribution in [-0.4, -0.2) is 28.7 Å². The highest BCUT2D eigenvalue weighted by atomic mass is 16.5. The van der Waals surface area contributed by atoms with Crippen molar-refractivity contribution < 1.29 is 19.2 Å². The normalized spacial score (nSPS) is 9.33. The van der Waals surface area contributed by atoms with Crippen molar-refractivity contribution in [3.63, 3.8) is 0 Å². The van der Waals surface area contributed by atoms with Gasteiger partial charge in [-0.15, -0.1) is 0 Å². The summed E-state index contributed by atoms with van der Waals surface area (Å²) in [5.74, 6) is -1.67. The number of nitrogens with zero attached hydrogens (tertiary/aromatic N) is 1. The third-order valence-corrected chi connectivity index (χ3v) is 1.07. The Hall–Kier alpha value is -1.85. The van der Waals surface area contributed by atoms with Crippen LogP contribution in [0.4, 0.5) is 0 Å². The van der Waals surface area contributed by atoms with E-state index in [1.165, 1.54) is 12.3 Å². The van der Waals surface area contributed by atoms with Gasteiger partial charge in [-0.3, -0.25) is 9.59 Å². The SMILES string of the molecule is O=C(O)CNC(=O)c1ccon1. The Balaban J connectivity index is 2.45. The molecule has 0 radical (unpaired) electrons. The van der Waals surface area contributed by atoms with E-state index in [1.807, 2.05) is 0 Å². The molecule has 0 atom stereocenters. The van der Waals surface area contributed by atoms with E-state index in [2.05, 4.69) is 15.0 Å². The van der Waals surface area contributed by atoms with E-state index in [0.717, 1.165) is 0 Å². The number of aromatic nitrogens is 1. The van der Waals surface area contributed by atoms with Gasteiger partial charge in [-0.25, -0.2) is 0 Å². The molecule has 0 unspecified atom stereocenters. The molecule has 1 amide bonds. The second-order valence-electron chi connectivity index (χ2n) is 1.96. The van der Waals surface area contributed by atoms with Gasteiger partial charge in [0.15, 0.2) is 5.69 Å². The lowest BCUT2D eigenvalue weighted by molar-refractivity contribution is -0.135. The third-order valence-electron chi connectivity index (χ3n) is 1.07. The molecule has 64 valence electrons. The molecule has 0 fully saturated rings. The molecular weight excluding hydrogens is 164 g/mol. The van der Waals surface area contributed by atoms with Crippen molar-refractivity contribution in [1.82, 2.24) is 10.5 Å². The molecule has 0 aliphatic rings. The fraction of sp³-hybridized carbons (Fsp3) is 0.167. The minimum Gasteiger partial charge on any atom is -0.480 e. The molecule has 0 bridgehead atoms. The first-order valence-corrected chi connectivity index (χ1v) is 3.10. The van der Waals surface area contributed by atoms with Crippen molar-refractivity contribution in [2.75, 3.05) is 6.54 Å². The predicted octanol–water partition coefficient (Wildman–Crippen LogP) is -0.511. The standard InChI is InChI=1S/C6H6N2O4/c9-5(10)3-7-6(11)4-1-2-12-8-4/h1-2H,3H2,(H,7,11)(H,9,10). The zero-order chi connectivity index (χ0) is 8.97. The molecule has 2 N–H and O–H groups in total. The molecule has 12 heavy (non-hydrogen) atoms. The molecule has 0 aromatic carbocycles. The Morgan fingerprint density at radius 2 is 2.42 bits per heavy atom. The van der Waals surface area contributed by atoms with E-state index < -0.39 is 18.4 Å². The topological polar surface area (TPSA) is 92.4 Å². The van der Waals surface area contributed by atoms with Gasteiger partial charge in [0.05, 0.1) is 0 Å². The highest BCUT2D eigenvalue weighted by Crippen LogP contribution is 1.92. The lowest BCUT2D eigenvalue weighted by Crippen LogP contribution is -2.29. The minimum atomic E-state index is -1.10. The highest BCUT2D eigenvalue weighted by Gasteiger charge is 2.08. The molecule has 0 spiro atoms. The van der Waals surface area contributed by atoms with Gasteiger partial charge in [0.1, 0.15) is 12.8 Å². The quantitative estimate of drug-likeness (QED) is 0.637. The van der Waals surface area contributed by atoms with Crippen LogP contribution in [0.1, 0.15) is 10.5 Å². The summed E-state index contributed by atoms with van der Waals surface area (Å²) in [6.45, 7) is -0.425. The van der Waals surface area contributed by atoms with Crippen molar-refractivity contribution in [2.24, 2.45) is 0 Å². The zero-order valence-corrected chi connectivity index (χ0v) is 5.98.